The Labute approximate surface area is 68.9 Å². The monoisotopic (exact) mass is 177 g/mol. The molecule has 0 fully saturated rings. The predicted molar refractivity (Wildman–Crippen MR) is 38.3 cm³/mol. The Bertz CT molecular complexity index is 181. The standard InChI is InChI=1S/C6H11NO5/c1-2-12-6(11)4(8)3(7)5(9)10/h3-4,8H,2,7H2,1H3,(H,9,10)/t3-,4+/m0/s1. The summed E-state index contributed by atoms with van der Waals surface area (Å²) in [5, 5.41) is 17.2. The van der Waals surface area contributed by atoms with Gasteiger partial charge in [-0.05, 0) is 6.92 Å². The molecule has 0 aliphatic rings. The second-order valence-electron chi connectivity index (χ2n) is 2.06. The Kier molecular flexibility index (Phi) is 4.24. The van der Waals surface area contributed by atoms with Crippen LogP contribution in [0.25, 0.3) is 0 Å². The van der Waals surface area contributed by atoms with Crippen LogP contribution in [0, 0.1) is 0 Å². The molecule has 0 aromatic heterocycles. The summed E-state index contributed by atoms with van der Waals surface area (Å²) >= 11 is 0. The maximum absolute atomic E-state index is 10.7. The lowest BCUT2D eigenvalue weighted by atomic mass is 10.2. The average Bonchev–Trinajstić information content (AvgIpc) is 2.02. The number of hydrogen-bond donors (Lipinski definition) is 3. The van der Waals surface area contributed by atoms with E-state index in [-0.39, 0.29) is 6.61 Å². The molecule has 0 amide bonds. The van der Waals surface area contributed by atoms with Gasteiger partial charge in [0.15, 0.2) is 6.10 Å². The van der Waals surface area contributed by atoms with E-state index in [0.717, 1.165) is 0 Å². The summed E-state index contributed by atoms with van der Waals surface area (Å²) in [4.78, 5) is 20.8. The van der Waals surface area contributed by atoms with Crippen molar-refractivity contribution in [2.75, 3.05) is 6.61 Å². The Hall–Kier alpha value is -1.14. The lowest BCUT2D eigenvalue weighted by molar-refractivity contribution is -0.159. The fourth-order valence-electron chi connectivity index (χ4n) is 0.509. The topological polar surface area (TPSA) is 110 Å². The second kappa shape index (κ2) is 4.68. The Morgan fingerprint density at radius 2 is 2.08 bits per heavy atom. The van der Waals surface area contributed by atoms with Gasteiger partial charge in [0.2, 0.25) is 0 Å². The molecule has 0 saturated carbocycles. The molecule has 6 nitrogen and oxygen atoms in total. The zero-order valence-corrected chi connectivity index (χ0v) is 6.56. The van der Waals surface area contributed by atoms with Crippen molar-refractivity contribution in [3.8, 4) is 0 Å². The smallest absolute Gasteiger partial charge is 0.337 e. The third-order valence-electron chi connectivity index (χ3n) is 1.15. The van der Waals surface area contributed by atoms with Gasteiger partial charge >= 0.3 is 11.9 Å². The number of hydrogen-bond acceptors (Lipinski definition) is 5. The number of carboxylic acids is 1. The normalized spacial score (nSPS) is 14.9. The van der Waals surface area contributed by atoms with Gasteiger partial charge in [0.05, 0.1) is 6.61 Å². The largest absolute Gasteiger partial charge is 0.480 e. The summed E-state index contributed by atoms with van der Waals surface area (Å²) in [6.07, 6.45) is -1.80. The summed E-state index contributed by atoms with van der Waals surface area (Å²) in [6, 6.07) is -1.64. The zero-order chi connectivity index (χ0) is 9.72. The van der Waals surface area contributed by atoms with Crippen molar-refractivity contribution < 1.29 is 24.5 Å². The van der Waals surface area contributed by atoms with Gasteiger partial charge in [0, 0.05) is 0 Å². The highest BCUT2D eigenvalue weighted by Gasteiger charge is 2.29. The molecule has 12 heavy (non-hydrogen) atoms. The van der Waals surface area contributed by atoms with E-state index in [4.69, 9.17) is 15.9 Å². The molecule has 0 bridgehead atoms. The van der Waals surface area contributed by atoms with Crippen molar-refractivity contribution in [2.45, 2.75) is 19.1 Å². The number of carbonyl (C=O) groups excluding carboxylic acids is 1. The first kappa shape index (κ1) is 10.9. The summed E-state index contributed by atoms with van der Waals surface area (Å²) < 4.78 is 4.34. The molecule has 2 atom stereocenters. The number of carbonyl (C=O) groups is 2. The molecule has 0 rings (SSSR count). The van der Waals surface area contributed by atoms with Crippen LogP contribution < -0.4 is 5.73 Å². The molecule has 0 saturated heterocycles. The van der Waals surface area contributed by atoms with E-state index in [9.17, 15) is 9.59 Å². The third kappa shape index (κ3) is 2.85. The van der Waals surface area contributed by atoms with Crippen molar-refractivity contribution >= 4 is 11.9 Å². The number of nitrogens with two attached hydrogens (primary N) is 1. The van der Waals surface area contributed by atoms with Crippen molar-refractivity contribution in [3.05, 3.63) is 0 Å². The van der Waals surface area contributed by atoms with Crippen molar-refractivity contribution in [2.24, 2.45) is 5.73 Å². The van der Waals surface area contributed by atoms with Crippen LogP contribution in [0.3, 0.4) is 0 Å². The minimum absolute atomic E-state index is 0.0717. The van der Waals surface area contributed by atoms with Crippen molar-refractivity contribution in [3.63, 3.8) is 0 Å². The van der Waals surface area contributed by atoms with E-state index >= 15 is 0 Å². The number of esters is 1. The van der Waals surface area contributed by atoms with Gasteiger partial charge < -0.3 is 20.7 Å². The maximum Gasteiger partial charge on any atom is 0.337 e. The molecule has 0 aromatic rings. The van der Waals surface area contributed by atoms with Gasteiger partial charge in [-0.15, -0.1) is 0 Å². The molecular weight excluding hydrogens is 166 g/mol. The fourth-order valence-corrected chi connectivity index (χ4v) is 0.509. The number of carboxylic acid groups (broad SMARTS) is 1. The number of rotatable bonds is 4. The highest BCUT2D eigenvalue weighted by Crippen LogP contribution is 1.94. The lowest BCUT2D eigenvalue weighted by Gasteiger charge is -2.12. The number of aliphatic hydroxyl groups is 1. The van der Waals surface area contributed by atoms with Gasteiger partial charge in [0.1, 0.15) is 6.04 Å². The molecule has 0 aromatic carbocycles. The summed E-state index contributed by atoms with van der Waals surface area (Å²) in [5.41, 5.74) is 4.94. The van der Waals surface area contributed by atoms with Crippen LogP contribution in [-0.4, -0.2) is 40.9 Å². The third-order valence-corrected chi connectivity index (χ3v) is 1.15. The Balaban J connectivity index is 4.09. The van der Waals surface area contributed by atoms with Gasteiger partial charge in [-0.25, -0.2) is 4.79 Å². The zero-order valence-electron chi connectivity index (χ0n) is 6.56. The number of aliphatic hydroxyl groups excluding tert-OH is 1. The van der Waals surface area contributed by atoms with E-state index in [1.54, 1.807) is 0 Å². The van der Waals surface area contributed by atoms with Gasteiger partial charge in [-0.2, -0.15) is 0 Å². The fraction of sp³-hybridized carbons (Fsp3) is 0.667. The molecule has 0 aliphatic carbocycles. The van der Waals surface area contributed by atoms with Crippen LogP contribution in [0.4, 0.5) is 0 Å². The van der Waals surface area contributed by atoms with Crippen LogP contribution in [0.5, 0.6) is 0 Å². The van der Waals surface area contributed by atoms with E-state index in [1.807, 2.05) is 0 Å². The SMILES string of the molecule is CCOC(=O)[C@H](O)[C@H](N)C(=O)O. The van der Waals surface area contributed by atoms with E-state index in [0.29, 0.717) is 0 Å². The highest BCUT2D eigenvalue weighted by atomic mass is 16.5. The average molecular weight is 177 g/mol. The second-order valence-corrected chi connectivity index (χ2v) is 2.06. The molecule has 0 unspecified atom stereocenters. The summed E-state index contributed by atoms with van der Waals surface area (Å²) in [7, 11) is 0. The van der Waals surface area contributed by atoms with Crippen LogP contribution in [0.2, 0.25) is 0 Å². The molecule has 0 spiro atoms. The predicted octanol–water partition coefficient (Wildman–Crippen LogP) is -1.68. The van der Waals surface area contributed by atoms with Gasteiger partial charge in [-0.1, -0.05) is 0 Å². The maximum atomic E-state index is 10.7. The van der Waals surface area contributed by atoms with Gasteiger partial charge in [0.25, 0.3) is 0 Å². The molecule has 70 valence electrons. The molecule has 0 radical (unpaired) electrons. The van der Waals surface area contributed by atoms with Crippen molar-refractivity contribution in [1.82, 2.24) is 0 Å². The van der Waals surface area contributed by atoms with E-state index in [2.05, 4.69) is 4.74 Å². The highest BCUT2D eigenvalue weighted by molar-refractivity contribution is 5.84. The minimum Gasteiger partial charge on any atom is -0.480 e. The first-order valence-corrected chi connectivity index (χ1v) is 3.33. The van der Waals surface area contributed by atoms with E-state index in [1.165, 1.54) is 6.92 Å². The lowest BCUT2D eigenvalue weighted by Crippen LogP contribution is -2.46. The van der Waals surface area contributed by atoms with Crippen LogP contribution in [0.15, 0.2) is 0 Å². The Morgan fingerprint density at radius 1 is 1.58 bits per heavy atom. The van der Waals surface area contributed by atoms with E-state index < -0.39 is 24.1 Å². The minimum atomic E-state index is -1.80. The van der Waals surface area contributed by atoms with Crippen LogP contribution in [-0.2, 0) is 14.3 Å². The quantitative estimate of drug-likeness (QED) is 0.442. The first-order chi connectivity index (χ1) is 5.50. The molecule has 0 heterocycles. The van der Waals surface area contributed by atoms with Crippen molar-refractivity contribution in [1.29, 1.82) is 0 Å². The molecule has 6 heteroatoms. The summed E-state index contributed by atoms with van der Waals surface area (Å²) in [5.74, 6) is -2.47. The molecule has 4 N–H and O–H groups in total. The summed E-state index contributed by atoms with van der Waals surface area (Å²) in [6.45, 7) is 1.61. The van der Waals surface area contributed by atoms with Gasteiger partial charge in [-0.3, -0.25) is 4.79 Å². The number of aliphatic carboxylic acids is 1. The van der Waals surface area contributed by atoms with Crippen LogP contribution in [0.1, 0.15) is 6.92 Å². The molecule has 0 aliphatic heterocycles. The Morgan fingerprint density at radius 3 is 2.42 bits per heavy atom. The first-order valence-electron chi connectivity index (χ1n) is 3.33. The number of ether oxygens (including phenoxy) is 1. The van der Waals surface area contributed by atoms with Crippen LogP contribution >= 0.6 is 0 Å². The molecular formula is C6H11NO5.